The van der Waals surface area contributed by atoms with E-state index in [1.165, 1.54) is 229 Å². The third-order valence-electron chi connectivity index (χ3n) is 30.2. The minimum Gasteiger partial charge on any atom is -0.456 e. The van der Waals surface area contributed by atoms with Gasteiger partial charge in [-0.1, -0.05) is 406 Å². The number of aromatic nitrogens is 1. The molecule has 0 radical (unpaired) electrons. The second-order valence-electron chi connectivity index (χ2n) is 38.2. The monoisotopic (exact) mass is 1830 g/mol. The molecule has 0 fully saturated rings. The Hall–Kier alpha value is -19.0. The molecule has 668 valence electrons. The fourth-order valence-corrected chi connectivity index (χ4v) is 23.6. The number of furan rings is 3. The summed E-state index contributed by atoms with van der Waals surface area (Å²) in [5.74, 6) is 0. The second-order valence-corrected chi connectivity index (χ2v) is 38.2. The van der Waals surface area contributed by atoms with Gasteiger partial charge in [0.15, 0.2) is 0 Å². The van der Waals surface area contributed by atoms with Crippen molar-refractivity contribution in [2.45, 2.75) is 0 Å². The molecule has 31 rings (SSSR count). The fraction of sp³-hybridized carbons (Fsp3) is 0. The highest BCUT2D eigenvalue weighted by Gasteiger charge is 2.25. The zero-order valence-corrected chi connectivity index (χ0v) is 78.2. The van der Waals surface area contributed by atoms with Crippen LogP contribution in [0.15, 0.2) is 529 Å². The van der Waals surface area contributed by atoms with Gasteiger partial charge in [-0.3, -0.25) is 0 Å². The van der Waals surface area contributed by atoms with Crippen LogP contribution in [0.4, 0.5) is 0 Å². The van der Waals surface area contributed by atoms with Crippen LogP contribution in [0.2, 0.25) is 0 Å². The van der Waals surface area contributed by atoms with Crippen LogP contribution in [0.1, 0.15) is 0 Å². The van der Waals surface area contributed by atoms with Crippen LogP contribution in [0.25, 0.3) is 301 Å². The van der Waals surface area contributed by atoms with Crippen LogP contribution >= 0.6 is 0 Å². The molecule has 4 nitrogen and oxygen atoms in total. The first-order valence-corrected chi connectivity index (χ1v) is 49.5. The summed E-state index contributed by atoms with van der Waals surface area (Å²) >= 11 is 0. The Balaban J connectivity index is 0.000000103. The molecule has 0 aliphatic rings. The van der Waals surface area contributed by atoms with Gasteiger partial charge in [0.25, 0.3) is 0 Å². The molecule has 0 saturated carbocycles. The van der Waals surface area contributed by atoms with E-state index in [-0.39, 0.29) is 0 Å². The predicted octanol–water partition coefficient (Wildman–Crippen LogP) is 39.9. The highest BCUT2D eigenvalue weighted by Crippen LogP contribution is 2.52. The van der Waals surface area contributed by atoms with Gasteiger partial charge < -0.3 is 17.8 Å². The van der Waals surface area contributed by atoms with Gasteiger partial charge in [0.1, 0.15) is 33.5 Å². The fourth-order valence-electron chi connectivity index (χ4n) is 23.6. The van der Waals surface area contributed by atoms with Gasteiger partial charge in [0.2, 0.25) is 0 Å². The summed E-state index contributed by atoms with van der Waals surface area (Å²) in [6.45, 7) is 0. The summed E-state index contributed by atoms with van der Waals surface area (Å²) < 4.78 is 21.5. The predicted molar refractivity (Wildman–Crippen MR) is 612 cm³/mol. The quantitative estimate of drug-likeness (QED) is 0.135. The van der Waals surface area contributed by atoms with E-state index in [0.717, 1.165) is 71.5 Å². The topological polar surface area (TPSA) is 44.4 Å². The molecule has 4 heterocycles. The molecule has 0 N–H and O–H groups in total. The van der Waals surface area contributed by atoms with Crippen LogP contribution in [0, 0.1) is 0 Å². The van der Waals surface area contributed by atoms with Crippen LogP contribution in [0.3, 0.4) is 0 Å². The van der Waals surface area contributed by atoms with Crippen molar-refractivity contribution in [3.8, 4) is 94.7 Å². The number of benzene rings is 27. The molecule has 0 atom stereocenters. The Bertz CT molecular complexity index is 10500. The van der Waals surface area contributed by atoms with Crippen molar-refractivity contribution in [1.82, 2.24) is 4.57 Å². The van der Waals surface area contributed by atoms with E-state index in [0.29, 0.717) is 0 Å². The highest BCUT2D eigenvalue weighted by molar-refractivity contribution is 6.27. The lowest BCUT2D eigenvalue weighted by Gasteiger charge is -2.18. The van der Waals surface area contributed by atoms with E-state index in [1.807, 2.05) is 0 Å². The molecule has 0 spiro atoms. The minimum atomic E-state index is 0.910. The van der Waals surface area contributed by atoms with Crippen molar-refractivity contribution in [1.29, 1.82) is 0 Å². The molecule has 0 saturated heterocycles. The third kappa shape index (κ3) is 13.5. The normalized spacial score (nSPS) is 11.9. The number of fused-ring (bicyclic) bond motifs is 23. The maximum Gasteiger partial charge on any atom is 0.136 e. The lowest BCUT2D eigenvalue weighted by Crippen LogP contribution is -1.94. The van der Waals surface area contributed by atoms with Crippen molar-refractivity contribution in [2.75, 3.05) is 0 Å². The first kappa shape index (κ1) is 82.1. The van der Waals surface area contributed by atoms with Crippen LogP contribution < -0.4 is 0 Å². The van der Waals surface area contributed by atoms with Crippen molar-refractivity contribution < 1.29 is 13.3 Å². The van der Waals surface area contributed by atoms with Gasteiger partial charge >= 0.3 is 0 Å². The molecule has 27 aromatic carbocycles. The van der Waals surface area contributed by atoms with E-state index in [1.54, 1.807) is 0 Å². The SMILES string of the molecule is c1cc(-c2ccc3ccccc3c2)cc(-c2c3ccccc3c(-c3ccc4oc5cc6ccccc6cc5c4c3)c3ccccc23)c1.c1ccc2cc3c(cc2c1)oc1ccc(-c2c4ccccc4c(-c4ccc(-c5cccc6ccccc56)cc4)c4ccccc24)cc13.c1ccc2cc3c(cc2c1)oc1ccc(-c2c4ccccc4c(-c4ccc(-n5c6ccccc6c6ccccc65)cc4)c4ccccc24)cc13. The second kappa shape index (κ2) is 33.4. The van der Waals surface area contributed by atoms with Gasteiger partial charge in [-0.15, -0.1) is 0 Å². The van der Waals surface area contributed by atoms with Gasteiger partial charge in [-0.2, -0.15) is 0 Å². The van der Waals surface area contributed by atoms with Crippen molar-refractivity contribution in [3.63, 3.8) is 0 Å². The number of hydrogen-bond donors (Lipinski definition) is 0. The molecule has 31 aromatic rings. The van der Waals surface area contributed by atoms with Gasteiger partial charge in [-0.05, 0) is 317 Å². The number of hydrogen-bond acceptors (Lipinski definition) is 3. The number of para-hydroxylation sites is 2. The summed E-state index contributed by atoms with van der Waals surface area (Å²) in [7, 11) is 0. The minimum absolute atomic E-state index is 0.910. The molecule has 4 heteroatoms. The number of nitrogens with zero attached hydrogens (tertiary/aromatic N) is 1. The molecular weight excluding hydrogens is 1740 g/mol. The molecule has 0 bridgehead atoms. The molecule has 0 amide bonds. The summed E-state index contributed by atoms with van der Waals surface area (Å²) in [4.78, 5) is 0. The first-order valence-electron chi connectivity index (χ1n) is 49.5. The largest absolute Gasteiger partial charge is 0.456 e. The maximum atomic E-state index is 6.39. The van der Waals surface area contributed by atoms with E-state index in [9.17, 15) is 0 Å². The Morgan fingerprint density at radius 1 is 0.118 bits per heavy atom. The zero-order valence-electron chi connectivity index (χ0n) is 78.2. The Morgan fingerprint density at radius 2 is 0.361 bits per heavy atom. The number of rotatable bonds is 9. The summed E-state index contributed by atoms with van der Waals surface area (Å²) in [6.07, 6.45) is 0. The first-order chi connectivity index (χ1) is 71.4. The summed E-state index contributed by atoms with van der Waals surface area (Å²) in [5, 5.41) is 36.7. The van der Waals surface area contributed by atoms with Crippen molar-refractivity contribution in [3.05, 3.63) is 516 Å². The van der Waals surface area contributed by atoms with Crippen molar-refractivity contribution >= 4 is 206 Å². The summed E-state index contributed by atoms with van der Waals surface area (Å²) in [6, 6.07) is 187. The van der Waals surface area contributed by atoms with E-state index >= 15 is 0 Å². The van der Waals surface area contributed by atoms with Gasteiger partial charge in [0, 0.05) is 48.8 Å². The van der Waals surface area contributed by atoms with E-state index in [2.05, 4.69) is 520 Å². The van der Waals surface area contributed by atoms with Crippen LogP contribution in [-0.4, -0.2) is 4.57 Å². The Morgan fingerprint density at radius 3 is 0.736 bits per heavy atom. The smallest absolute Gasteiger partial charge is 0.136 e. The lowest BCUT2D eigenvalue weighted by molar-refractivity contribution is 0.669. The molecule has 0 aliphatic heterocycles. The zero-order chi connectivity index (χ0) is 94.6. The van der Waals surface area contributed by atoms with Gasteiger partial charge in [0.05, 0.1) is 11.0 Å². The average Bonchev–Trinajstić information content (AvgIpc) is 0.970. The van der Waals surface area contributed by atoms with Crippen LogP contribution in [0.5, 0.6) is 0 Å². The van der Waals surface area contributed by atoms with Gasteiger partial charge in [-0.25, -0.2) is 0 Å². The molecule has 144 heavy (non-hydrogen) atoms. The maximum absolute atomic E-state index is 6.39. The average molecular weight is 1830 g/mol. The standard InChI is InChI=1S/C48H29NO.2C46H28O/c1-2-12-32-29-46-42(27-31(32)11-1)41-28-33(23-26-45(41)50-46)48-39-17-5-3-15-37(39)47(38-16-4-6-18-40(38)48)30-21-24-34(25-22-30)49-43-19-9-7-13-35(43)36-14-8-10-20-44(36)49;1-2-12-33-28-44-42(26-32(33)11-1)41-27-34(24-25-43(41)47-44)46-39-17-7-5-15-37(39)45(38-16-6-8-18-40(38)46)31-22-20-30(21-23-31)36-19-9-13-29-10-3-4-14-35(29)36;1-2-11-30-24-34(21-20-29(30)10-1)31-14-9-15-35(25-31)45-37-16-5-7-18-39(37)46(40-19-8-6-17-38(40)45)36-22-23-43-41(27-36)42-26-32-12-3-4-13-33(32)28-44(42)47-43/h1-29H;2*1-28H. The summed E-state index contributed by atoms with van der Waals surface area (Å²) in [5.41, 5.74) is 28.8. The van der Waals surface area contributed by atoms with E-state index in [4.69, 9.17) is 13.3 Å². The molecule has 0 unspecified atom stereocenters. The highest BCUT2D eigenvalue weighted by atomic mass is 16.3. The van der Waals surface area contributed by atoms with E-state index < -0.39 is 0 Å². The Labute approximate surface area is 828 Å². The molecular formula is C140H85NO3. The van der Waals surface area contributed by atoms with Crippen molar-refractivity contribution in [2.24, 2.45) is 0 Å². The lowest BCUT2D eigenvalue weighted by atomic mass is 9.85. The third-order valence-corrected chi connectivity index (χ3v) is 30.2. The Kier molecular flexibility index (Phi) is 19.0. The molecule has 0 aliphatic carbocycles. The molecule has 4 aromatic heterocycles. The van der Waals surface area contributed by atoms with Crippen LogP contribution in [-0.2, 0) is 0 Å².